The van der Waals surface area contributed by atoms with Gasteiger partial charge in [0.05, 0.1) is 12.1 Å². The zero-order chi connectivity index (χ0) is 22.0. The van der Waals surface area contributed by atoms with E-state index in [0.29, 0.717) is 32.4 Å². The summed E-state index contributed by atoms with van der Waals surface area (Å²) in [5.74, 6) is -10.2. The molecule has 3 rings (SSSR count). The lowest BCUT2D eigenvalue weighted by atomic mass is 9.94. The van der Waals surface area contributed by atoms with Crippen LogP contribution in [-0.2, 0) is 14.4 Å². The summed E-state index contributed by atoms with van der Waals surface area (Å²) in [6, 6.07) is -1.69. The van der Waals surface area contributed by atoms with Crippen molar-refractivity contribution in [3.05, 3.63) is 29.3 Å². The number of hydrogen-bond acceptors (Lipinski definition) is 5. The smallest absolute Gasteiger partial charge is 0.234 e. The molecule has 0 spiro atoms. The van der Waals surface area contributed by atoms with E-state index in [0.717, 1.165) is 0 Å². The Morgan fingerprint density at radius 2 is 1.87 bits per heavy atom. The third-order valence-electron chi connectivity index (χ3n) is 5.50. The first-order valence-electron chi connectivity index (χ1n) is 9.52. The van der Waals surface area contributed by atoms with Crippen molar-refractivity contribution in [1.29, 1.82) is 0 Å². The minimum absolute atomic E-state index is 0.0303. The van der Waals surface area contributed by atoms with Crippen molar-refractivity contribution in [3.8, 4) is 5.75 Å². The second kappa shape index (κ2) is 8.99. The Kier molecular flexibility index (Phi) is 6.59. The number of benzene rings is 1. The number of hydrogen-bond donors (Lipinski definition) is 2. The topological polar surface area (TPSA) is 102 Å². The number of nitrogens with one attached hydrogen (secondary N) is 1. The highest BCUT2D eigenvalue weighted by atomic mass is 19.2. The summed E-state index contributed by atoms with van der Waals surface area (Å²) in [5.41, 5.74) is 5.41. The van der Waals surface area contributed by atoms with Gasteiger partial charge in [-0.2, -0.15) is 8.78 Å². The molecule has 1 unspecified atom stereocenters. The van der Waals surface area contributed by atoms with Gasteiger partial charge in [-0.1, -0.05) is 0 Å². The minimum Gasteiger partial charge on any atom is -0.479 e. The van der Waals surface area contributed by atoms with Crippen molar-refractivity contribution in [2.45, 2.75) is 37.8 Å². The van der Waals surface area contributed by atoms with Gasteiger partial charge in [-0.15, -0.1) is 0 Å². The van der Waals surface area contributed by atoms with Crippen LogP contribution in [0, 0.1) is 29.2 Å². The first kappa shape index (κ1) is 22.0. The van der Waals surface area contributed by atoms with Gasteiger partial charge in [0.2, 0.25) is 23.4 Å². The molecule has 164 valence electrons. The summed E-state index contributed by atoms with van der Waals surface area (Å²) in [4.78, 5) is 38.2. The van der Waals surface area contributed by atoms with E-state index in [1.54, 1.807) is 4.90 Å². The van der Waals surface area contributed by atoms with Crippen LogP contribution < -0.4 is 15.8 Å². The van der Waals surface area contributed by atoms with Crippen LogP contribution in [0.5, 0.6) is 5.75 Å². The van der Waals surface area contributed by atoms with Gasteiger partial charge >= 0.3 is 0 Å². The number of nitrogens with two attached hydrogens (primary N) is 1. The molecule has 2 aliphatic heterocycles. The van der Waals surface area contributed by atoms with Crippen LogP contribution in [0.4, 0.5) is 17.6 Å². The van der Waals surface area contributed by atoms with E-state index in [-0.39, 0.29) is 18.4 Å². The van der Waals surface area contributed by atoms with Gasteiger partial charge < -0.3 is 15.8 Å². The normalized spacial score (nSPS) is 22.7. The highest BCUT2D eigenvalue weighted by Gasteiger charge is 2.40. The van der Waals surface area contributed by atoms with Gasteiger partial charge in [0.15, 0.2) is 23.2 Å². The molecule has 1 aromatic carbocycles. The quantitative estimate of drug-likeness (QED) is 0.473. The van der Waals surface area contributed by atoms with Crippen molar-refractivity contribution in [3.63, 3.8) is 0 Å². The lowest BCUT2D eigenvalue weighted by molar-refractivity contribution is -0.131. The van der Waals surface area contributed by atoms with Crippen LogP contribution in [-0.4, -0.2) is 54.3 Å². The maximum atomic E-state index is 13.8. The largest absolute Gasteiger partial charge is 0.479 e. The van der Waals surface area contributed by atoms with Crippen molar-refractivity contribution in [1.82, 2.24) is 10.2 Å². The first-order valence-corrected chi connectivity index (χ1v) is 9.52. The third kappa shape index (κ3) is 4.40. The molecule has 0 radical (unpaired) electrons. The average Bonchev–Trinajstić information content (AvgIpc) is 3.33. The summed E-state index contributed by atoms with van der Waals surface area (Å²) in [6.45, 7) is -0.105. The molecule has 30 heavy (non-hydrogen) atoms. The number of primary amides is 1. The number of carbonyl (C=O) groups excluding carboxylic acids is 3. The maximum Gasteiger partial charge on any atom is 0.234 e. The van der Waals surface area contributed by atoms with E-state index in [1.165, 1.54) is 0 Å². The van der Waals surface area contributed by atoms with Gasteiger partial charge in [-0.25, -0.2) is 8.78 Å². The molecule has 2 fully saturated rings. The summed E-state index contributed by atoms with van der Waals surface area (Å²) < 4.78 is 59.1. The molecule has 0 bridgehead atoms. The lowest BCUT2D eigenvalue weighted by Gasteiger charge is -2.31. The number of amides is 2. The number of rotatable bonds is 8. The zero-order valence-electron chi connectivity index (χ0n) is 15.9. The number of Topliss-reactive ketones (excluding diaryl/α,β-unsaturated/α-hetero) is 1. The Labute approximate surface area is 169 Å². The SMILES string of the molecule is NC(=O)C1CCCN1[C@@H](C[C@@H]1CCNC1=O)C(=O)COc1c(F)c(F)cc(F)c1F. The molecule has 3 atom stereocenters. The lowest BCUT2D eigenvalue weighted by Crippen LogP contribution is -2.51. The molecule has 1 aromatic rings. The molecule has 2 saturated heterocycles. The van der Waals surface area contributed by atoms with Gasteiger partial charge in [0.25, 0.3) is 0 Å². The molecule has 2 aliphatic rings. The van der Waals surface area contributed by atoms with E-state index >= 15 is 0 Å². The predicted octanol–water partition coefficient (Wildman–Crippen LogP) is 1.04. The van der Waals surface area contributed by atoms with Crippen molar-refractivity contribution >= 4 is 17.6 Å². The fourth-order valence-corrected chi connectivity index (χ4v) is 3.98. The summed E-state index contributed by atoms with van der Waals surface area (Å²) in [6.07, 6.45) is 1.56. The van der Waals surface area contributed by atoms with Crippen LogP contribution >= 0.6 is 0 Å². The highest BCUT2D eigenvalue weighted by molar-refractivity contribution is 5.88. The van der Waals surface area contributed by atoms with E-state index in [2.05, 4.69) is 5.32 Å². The van der Waals surface area contributed by atoms with Crippen LogP contribution in [0.25, 0.3) is 0 Å². The third-order valence-corrected chi connectivity index (χ3v) is 5.50. The Balaban J connectivity index is 1.80. The maximum absolute atomic E-state index is 13.8. The van der Waals surface area contributed by atoms with Gasteiger partial charge in [0, 0.05) is 18.5 Å². The fraction of sp³-hybridized carbons (Fsp3) is 0.526. The fourth-order valence-electron chi connectivity index (χ4n) is 3.98. The van der Waals surface area contributed by atoms with Crippen molar-refractivity contribution in [2.24, 2.45) is 11.7 Å². The Morgan fingerprint density at radius 1 is 1.20 bits per heavy atom. The number of halogens is 4. The molecule has 2 amide bonds. The van der Waals surface area contributed by atoms with Gasteiger partial charge in [0.1, 0.15) is 6.61 Å². The van der Waals surface area contributed by atoms with Crippen LogP contribution in [0.15, 0.2) is 6.07 Å². The first-order chi connectivity index (χ1) is 14.2. The summed E-state index contributed by atoms with van der Waals surface area (Å²) in [7, 11) is 0. The van der Waals surface area contributed by atoms with Crippen LogP contribution in [0.2, 0.25) is 0 Å². The Bertz CT molecular complexity index is 840. The number of nitrogens with zero attached hydrogens (tertiary/aromatic N) is 1. The van der Waals surface area contributed by atoms with Crippen molar-refractivity contribution < 1.29 is 36.7 Å². The molecule has 2 heterocycles. The van der Waals surface area contributed by atoms with E-state index < -0.39 is 65.3 Å². The zero-order valence-corrected chi connectivity index (χ0v) is 15.9. The van der Waals surface area contributed by atoms with Crippen LogP contribution in [0.3, 0.4) is 0 Å². The van der Waals surface area contributed by atoms with Gasteiger partial charge in [-0.05, 0) is 32.2 Å². The molecule has 0 aliphatic carbocycles. The average molecular weight is 431 g/mol. The summed E-state index contributed by atoms with van der Waals surface area (Å²) >= 11 is 0. The summed E-state index contributed by atoms with van der Waals surface area (Å²) in [5, 5.41) is 2.65. The van der Waals surface area contributed by atoms with E-state index in [1.807, 2.05) is 0 Å². The van der Waals surface area contributed by atoms with Crippen molar-refractivity contribution in [2.75, 3.05) is 19.7 Å². The Morgan fingerprint density at radius 3 is 2.43 bits per heavy atom. The highest BCUT2D eigenvalue weighted by Crippen LogP contribution is 2.29. The molecular weight excluding hydrogens is 410 g/mol. The molecule has 7 nitrogen and oxygen atoms in total. The minimum atomic E-state index is -1.76. The molecule has 3 N–H and O–H groups in total. The Hall–Kier alpha value is -2.69. The number of carbonyl (C=O) groups is 3. The number of likely N-dealkylation sites (tertiary alicyclic amines) is 1. The van der Waals surface area contributed by atoms with E-state index in [4.69, 9.17) is 10.5 Å². The monoisotopic (exact) mass is 431 g/mol. The van der Waals surface area contributed by atoms with E-state index in [9.17, 15) is 31.9 Å². The van der Waals surface area contributed by atoms with Crippen LogP contribution in [0.1, 0.15) is 25.7 Å². The number of ketones is 1. The number of ether oxygens (including phenoxy) is 1. The second-order valence-corrected chi connectivity index (χ2v) is 7.38. The predicted molar refractivity (Wildman–Crippen MR) is 95.2 cm³/mol. The molecule has 0 aromatic heterocycles. The second-order valence-electron chi connectivity index (χ2n) is 7.38. The molecular formula is C19H21F4N3O4. The standard InChI is InChI=1S/C19H21F4N3O4/c20-10-7-11(21)16(23)17(15(10)22)30-8-14(27)13(6-9-3-4-25-19(9)29)26-5-1-2-12(26)18(24)28/h7,9,12-13H,1-6,8H2,(H2,24,28)(H,25,29)/t9-,12?,13-/m0/s1. The van der Waals surface area contributed by atoms with Gasteiger partial charge in [-0.3, -0.25) is 19.3 Å². The molecule has 11 heteroatoms. The molecule has 0 saturated carbocycles.